The Balaban J connectivity index is 2.16. The summed E-state index contributed by atoms with van der Waals surface area (Å²) in [6.45, 7) is 5.94. The van der Waals surface area contributed by atoms with Gasteiger partial charge in [0.05, 0.1) is 29.9 Å². The molecule has 1 aromatic carbocycles. The van der Waals surface area contributed by atoms with Crippen LogP contribution in [0.3, 0.4) is 0 Å². The number of hydrogen-bond acceptors (Lipinski definition) is 4. The van der Waals surface area contributed by atoms with Gasteiger partial charge in [0.1, 0.15) is 0 Å². The fourth-order valence-corrected chi connectivity index (χ4v) is 1.97. The van der Waals surface area contributed by atoms with E-state index in [1.165, 1.54) is 6.08 Å². The van der Waals surface area contributed by atoms with Crippen LogP contribution in [-0.4, -0.2) is 22.4 Å². The predicted molar refractivity (Wildman–Crippen MR) is 82.3 cm³/mol. The van der Waals surface area contributed by atoms with E-state index in [2.05, 4.69) is 10.4 Å². The van der Waals surface area contributed by atoms with Crippen LogP contribution in [0.5, 0.6) is 0 Å². The first kappa shape index (κ1) is 14.8. The van der Waals surface area contributed by atoms with Gasteiger partial charge >= 0.3 is 5.97 Å². The van der Waals surface area contributed by atoms with Crippen molar-refractivity contribution >= 4 is 11.7 Å². The van der Waals surface area contributed by atoms with Crippen LogP contribution >= 0.6 is 0 Å². The van der Waals surface area contributed by atoms with Crippen molar-refractivity contribution in [3.05, 3.63) is 54.0 Å². The first-order valence-corrected chi connectivity index (χ1v) is 6.84. The molecule has 0 saturated heterocycles. The van der Waals surface area contributed by atoms with Crippen molar-refractivity contribution in [2.75, 3.05) is 11.9 Å². The number of allylic oxidation sites excluding steroid dienone is 1. The van der Waals surface area contributed by atoms with Crippen LogP contribution in [0.1, 0.15) is 19.5 Å². The molecule has 2 rings (SSSR count). The molecule has 0 spiro atoms. The fraction of sp³-hybridized carbons (Fsp3) is 0.250. The lowest BCUT2D eigenvalue weighted by Crippen LogP contribution is -2.05. The van der Waals surface area contributed by atoms with Gasteiger partial charge in [-0.15, -0.1) is 0 Å². The van der Waals surface area contributed by atoms with Crippen LogP contribution in [0.2, 0.25) is 0 Å². The minimum atomic E-state index is -0.351. The Morgan fingerprint density at radius 2 is 2.10 bits per heavy atom. The van der Waals surface area contributed by atoms with Gasteiger partial charge in [-0.3, -0.25) is 0 Å². The molecule has 110 valence electrons. The van der Waals surface area contributed by atoms with Crippen molar-refractivity contribution in [3.63, 3.8) is 0 Å². The minimum Gasteiger partial charge on any atom is -0.463 e. The van der Waals surface area contributed by atoms with E-state index in [1.807, 2.05) is 48.9 Å². The topological polar surface area (TPSA) is 56.1 Å². The number of para-hydroxylation sites is 1. The smallest absolute Gasteiger partial charge is 0.332 e. The predicted octanol–water partition coefficient (Wildman–Crippen LogP) is 3.06. The Kier molecular flexibility index (Phi) is 4.77. The van der Waals surface area contributed by atoms with E-state index in [9.17, 15) is 4.79 Å². The normalized spacial score (nSPS) is 11.3. The molecule has 0 bridgehead atoms. The molecule has 0 saturated carbocycles. The third-order valence-corrected chi connectivity index (χ3v) is 2.96. The lowest BCUT2D eigenvalue weighted by Gasteiger charge is -2.07. The number of carbonyl (C=O) groups excluding carboxylic acids is 1. The maximum Gasteiger partial charge on any atom is 0.332 e. The average Bonchev–Trinajstić information content (AvgIpc) is 2.81. The fourth-order valence-electron chi connectivity index (χ4n) is 1.97. The molecule has 0 atom stereocenters. The second-order valence-electron chi connectivity index (χ2n) is 4.60. The number of esters is 1. The standard InChI is InChI=1S/C16H19N3O2/c1-4-21-16(20)10-12(2)18-15-11-17-19(13(15)3)14-8-6-5-7-9-14/h5-11,18H,4H2,1-3H3. The molecule has 0 aliphatic heterocycles. The Morgan fingerprint density at radius 1 is 1.38 bits per heavy atom. The number of anilines is 1. The molecule has 0 aliphatic carbocycles. The number of hydrogen-bond donors (Lipinski definition) is 1. The van der Waals surface area contributed by atoms with Gasteiger partial charge in [-0.25, -0.2) is 9.48 Å². The van der Waals surface area contributed by atoms with Gasteiger partial charge in [0.2, 0.25) is 0 Å². The van der Waals surface area contributed by atoms with Crippen molar-refractivity contribution in [3.8, 4) is 5.69 Å². The lowest BCUT2D eigenvalue weighted by atomic mass is 10.3. The minimum absolute atomic E-state index is 0.351. The highest BCUT2D eigenvalue weighted by molar-refractivity contribution is 5.83. The maximum atomic E-state index is 11.4. The van der Waals surface area contributed by atoms with Gasteiger partial charge in [0, 0.05) is 11.8 Å². The van der Waals surface area contributed by atoms with Gasteiger partial charge in [-0.05, 0) is 32.9 Å². The Labute approximate surface area is 124 Å². The van der Waals surface area contributed by atoms with Gasteiger partial charge in [0.25, 0.3) is 0 Å². The zero-order valence-corrected chi connectivity index (χ0v) is 12.5. The van der Waals surface area contributed by atoms with Crippen LogP contribution in [0, 0.1) is 6.92 Å². The van der Waals surface area contributed by atoms with Crippen LogP contribution in [-0.2, 0) is 9.53 Å². The summed E-state index contributed by atoms with van der Waals surface area (Å²) >= 11 is 0. The van der Waals surface area contributed by atoms with Crippen LogP contribution in [0.4, 0.5) is 5.69 Å². The number of benzene rings is 1. The number of aromatic nitrogens is 2. The van der Waals surface area contributed by atoms with Crippen molar-refractivity contribution in [2.45, 2.75) is 20.8 Å². The van der Waals surface area contributed by atoms with Crippen LogP contribution in [0.25, 0.3) is 5.69 Å². The molecule has 1 N–H and O–H groups in total. The van der Waals surface area contributed by atoms with Gasteiger partial charge in [-0.2, -0.15) is 5.10 Å². The zero-order valence-electron chi connectivity index (χ0n) is 12.5. The molecule has 21 heavy (non-hydrogen) atoms. The molecule has 0 fully saturated rings. The molecule has 1 heterocycles. The maximum absolute atomic E-state index is 11.4. The molecule has 5 heteroatoms. The van der Waals surface area contributed by atoms with E-state index < -0.39 is 0 Å². The van der Waals surface area contributed by atoms with E-state index >= 15 is 0 Å². The molecule has 0 aliphatic rings. The second kappa shape index (κ2) is 6.74. The molecule has 0 radical (unpaired) electrons. The molecule has 2 aromatic rings. The average molecular weight is 285 g/mol. The van der Waals surface area contributed by atoms with Gasteiger partial charge in [0.15, 0.2) is 0 Å². The quantitative estimate of drug-likeness (QED) is 0.677. The monoisotopic (exact) mass is 285 g/mol. The summed E-state index contributed by atoms with van der Waals surface area (Å²) in [5, 5.41) is 7.53. The summed E-state index contributed by atoms with van der Waals surface area (Å²) in [6.07, 6.45) is 3.17. The van der Waals surface area contributed by atoms with Crippen molar-refractivity contribution in [1.82, 2.24) is 9.78 Å². The zero-order chi connectivity index (χ0) is 15.2. The first-order valence-electron chi connectivity index (χ1n) is 6.84. The summed E-state index contributed by atoms with van der Waals surface area (Å²) in [7, 11) is 0. The number of carbonyl (C=O) groups is 1. The summed E-state index contributed by atoms with van der Waals surface area (Å²) in [6, 6.07) is 9.88. The van der Waals surface area contributed by atoms with Crippen LogP contribution in [0.15, 0.2) is 48.3 Å². The summed E-state index contributed by atoms with van der Waals surface area (Å²) in [5.41, 5.74) is 3.54. The van der Waals surface area contributed by atoms with Gasteiger partial charge in [-0.1, -0.05) is 18.2 Å². The van der Waals surface area contributed by atoms with Crippen molar-refractivity contribution in [1.29, 1.82) is 0 Å². The first-order chi connectivity index (χ1) is 10.1. The van der Waals surface area contributed by atoms with Crippen molar-refractivity contribution < 1.29 is 9.53 Å². The van der Waals surface area contributed by atoms with E-state index in [0.717, 1.165) is 17.1 Å². The third kappa shape index (κ3) is 3.72. The number of nitrogens with one attached hydrogen (secondary N) is 1. The number of rotatable bonds is 5. The Morgan fingerprint density at radius 3 is 2.76 bits per heavy atom. The molecule has 0 unspecified atom stereocenters. The Bertz CT molecular complexity index is 645. The number of ether oxygens (including phenoxy) is 1. The molecule has 5 nitrogen and oxygen atoms in total. The van der Waals surface area contributed by atoms with Crippen LogP contribution < -0.4 is 5.32 Å². The summed E-state index contributed by atoms with van der Waals surface area (Å²) in [4.78, 5) is 11.4. The van der Waals surface area contributed by atoms with E-state index in [4.69, 9.17) is 4.74 Å². The molecule has 0 amide bonds. The van der Waals surface area contributed by atoms with E-state index in [0.29, 0.717) is 12.3 Å². The second-order valence-corrected chi connectivity index (χ2v) is 4.60. The SMILES string of the molecule is CCOC(=O)C=C(C)Nc1cnn(-c2ccccc2)c1C. The van der Waals surface area contributed by atoms with E-state index in [1.54, 1.807) is 13.1 Å². The highest BCUT2D eigenvalue weighted by atomic mass is 16.5. The highest BCUT2D eigenvalue weighted by Crippen LogP contribution is 2.19. The third-order valence-electron chi connectivity index (χ3n) is 2.96. The highest BCUT2D eigenvalue weighted by Gasteiger charge is 2.08. The molecular weight excluding hydrogens is 266 g/mol. The number of nitrogens with zero attached hydrogens (tertiary/aromatic N) is 2. The molecular formula is C16H19N3O2. The lowest BCUT2D eigenvalue weighted by molar-refractivity contribution is -0.137. The van der Waals surface area contributed by atoms with Gasteiger partial charge < -0.3 is 10.1 Å². The van der Waals surface area contributed by atoms with Crippen molar-refractivity contribution in [2.24, 2.45) is 0 Å². The largest absolute Gasteiger partial charge is 0.463 e. The molecule has 1 aromatic heterocycles. The Hall–Kier alpha value is -2.56. The van der Waals surface area contributed by atoms with E-state index in [-0.39, 0.29) is 5.97 Å². The summed E-state index contributed by atoms with van der Waals surface area (Å²) in [5.74, 6) is -0.351. The summed E-state index contributed by atoms with van der Waals surface area (Å²) < 4.78 is 6.73.